The predicted molar refractivity (Wildman–Crippen MR) is 113 cm³/mol. The highest BCUT2D eigenvalue weighted by atomic mass is 35.5. The lowest BCUT2D eigenvalue weighted by Gasteiger charge is -2.40. The molecule has 0 spiro atoms. The molecule has 1 atom stereocenters. The minimum atomic E-state index is -0.581. The van der Waals surface area contributed by atoms with E-state index < -0.39 is 4.87 Å². The van der Waals surface area contributed by atoms with Gasteiger partial charge in [0.1, 0.15) is 4.87 Å². The standard InChI is InChI=1S/C20H21Cl2N3OS/c1-4-20(27-17-11-15(21)10-16(22)12-17)18(9-14-5-7-23-8-6-14)24-19(26)25(20)13(2)3/h5-8,10-13H,4,9H2,1-3H3. The van der Waals surface area contributed by atoms with Gasteiger partial charge in [-0.25, -0.2) is 4.79 Å². The van der Waals surface area contributed by atoms with E-state index in [0.29, 0.717) is 16.5 Å². The normalized spacial score (nSPS) is 19.7. The van der Waals surface area contributed by atoms with Crippen molar-refractivity contribution in [1.29, 1.82) is 0 Å². The second-order valence-corrected chi connectivity index (χ2v) is 8.91. The third-order valence-electron chi connectivity index (χ3n) is 4.52. The van der Waals surface area contributed by atoms with Gasteiger partial charge in [0.15, 0.2) is 0 Å². The van der Waals surface area contributed by atoms with Gasteiger partial charge in [0.05, 0.1) is 5.71 Å². The minimum absolute atomic E-state index is 0.0123. The summed E-state index contributed by atoms with van der Waals surface area (Å²) in [6.07, 6.45) is 4.82. The van der Waals surface area contributed by atoms with E-state index in [-0.39, 0.29) is 12.1 Å². The molecule has 1 aromatic heterocycles. The van der Waals surface area contributed by atoms with Gasteiger partial charge in [-0.05, 0) is 56.2 Å². The summed E-state index contributed by atoms with van der Waals surface area (Å²) in [6.45, 7) is 6.10. The van der Waals surface area contributed by atoms with E-state index in [9.17, 15) is 4.79 Å². The molecule has 0 fully saturated rings. The van der Waals surface area contributed by atoms with Crippen LogP contribution in [-0.2, 0) is 6.42 Å². The smallest absolute Gasteiger partial charge is 0.300 e. The Bertz CT molecular complexity index is 853. The SMILES string of the molecule is CCC1(Sc2cc(Cl)cc(Cl)c2)C(Cc2ccncc2)=NC(=O)N1C(C)C. The highest BCUT2D eigenvalue weighted by molar-refractivity contribution is 8.01. The highest BCUT2D eigenvalue weighted by Gasteiger charge is 2.49. The van der Waals surface area contributed by atoms with Crippen molar-refractivity contribution < 1.29 is 4.79 Å². The van der Waals surface area contributed by atoms with Crippen LogP contribution in [0.4, 0.5) is 4.79 Å². The number of aromatic nitrogens is 1. The van der Waals surface area contributed by atoms with Gasteiger partial charge in [0.2, 0.25) is 0 Å². The largest absolute Gasteiger partial charge is 0.345 e. The topological polar surface area (TPSA) is 45.6 Å². The summed E-state index contributed by atoms with van der Waals surface area (Å²) in [5.74, 6) is 0. The average Bonchev–Trinajstić information content (AvgIpc) is 2.86. The molecule has 2 amide bonds. The first kappa shape index (κ1) is 20.2. The summed E-state index contributed by atoms with van der Waals surface area (Å²) < 4.78 is 0. The molecule has 7 heteroatoms. The van der Waals surface area contributed by atoms with E-state index in [1.54, 1.807) is 30.2 Å². The predicted octanol–water partition coefficient (Wildman–Crippen LogP) is 6.11. The number of amides is 2. The zero-order chi connectivity index (χ0) is 19.6. The molecule has 1 aromatic carbocycles. The van der Waals surface area contributed by atoms with Gasteiger partial charge < -0.3 is 4.90 Å². The van der Waals surface area contributed by atoms with Crippen LogP contribution in [0.5, 0.6) is 0 Å². The van der Waals surface area contributed by atoms with Crippen molar-refractivity contribution in [2.75, 3.05) is 0 Å². The van der Waals surface area contributed by atoms with Gasteiger partial charge in [-0.15, -0.1) is 0 Å². The quantitative estimate of drug-likeness (QED) is 0.564. The summed E-state index contributed by atoms with van der Waals surface area (Å²) in [5, 5.41) is 1.15. The van der Waals surface area contributed by atoms with Crippen molar-refractivity contribution in [2.24, 2.45) is 4.99 Å². The van der Waals surface area contributed by atoms with Crippen molar-refractivity contribution >= 4 is 46.7 Å². The van der Waals surface area contributed by atoms with E-state index in [2.05, 4.69) is 16.9 Å². The summed E-state index contributed by atoms with van der Waals surface area (Å²) in [6, 6.07) is 9.17. The molecule has 4 nitrogen and oxygen atoms in total. The average molecular weight is 422 g/mol. The minimum Gasteiger partial charge on any atom is -0.300 e. The highest BCUT2D eigenvalue weighted by Crippen LogP contribution is 2.46. The zero-order valence-corrected chi connectivity index (χ0v) is 17.8. The zero-order valence-electron chi connectivity index (χ0n) is 15.4. The first-order valence-electron chi connectivity index (χ1n) is 8.81. The molecule has 2 aromatic rings. The van der Waals surface area contributed by atoms with Crippen LogP contribution < -0.4 is 0 Å². The first-order chi connectivity index (χ1) is 12.9. The fourth-order valence-electron chi connectivity index (χ4n) is 3.40. The van der Waals surface area contributed by atoms with Crippen LogP contribution in [0.3, 0.4) is 0 Å². The number of pyridine rings is 1. The molecule has 142 valence electrons. The molecule has 2 heterocycles. The molecule has 3 rings (SSSR count). The number of carbonyl (C=O) groups is 1. The maximum absolute atomic E-state index is 12.8. The lowest BCUT2D eigenvalue weighted by atomic mass is 10.00. The van der Waals surface area contributed by atoms with Gasteiger partial charge >= 0.3 is 6.03 Å². The number of benzene rings is 1. The second-order valence-electron chi connectivity index (χ2n) is 6.68. The molecule has 0 saturated carbocycles. The fraction of sp³-hybridized carbons (Fsp3) is 0.350. The van der Waals surface area contributed by atoms with E-state index in [1.165, 1.54) is 0 Å². The second kappa shape index (κ2) is 8.21. The lowest BCUT2D eigenvalue weighted by Crippen LogP contribution is -2.52. The van der Waals surface area contributed by atoms with Gasteiger partial charge in [0.25, 0.3) is 0 Å². The molecule has 0 radical (unpaired) electrons. The van der Waals surface area contributed by atoms with Crippen LogP contribution in [0, 0.1) is 0 Å². The van der Waals surface area contributed by atoms with Gasteiger partial charge in [-0.3, -0.25) is 4.98 Å². The van der Waals surface area contributed by atoms with Crippen LogP contribution in [0.15, 0.2) is 52.6 Å². The molecule has 1 aliphatic rings. The van der Waals surface area contributed by atoms with Crippen LogP contribution in [0.1, 0.15) is 32.8 Å². The van der Waals surface area contributed by atoms with Crippen LogP contribution in [-0.4, -0.2) is 32.5 Å². The van der Waals surface area contributed by atoms with Crippen molar-refractivity contribution in [2.45, 2.75) is 49.4 Å². The van der Waals surface area contributed by atoms with Crippen molar-refractivity contribution in [3.8, 4) is 0 Å². The third-order valence-corrected chi connectivity index (χ3v) is 6.48. The van der Waals surface area contributed by atoms with E-state index in [1.807, 2.05) is 43.0 Å². The molecule has 1 aliphatic heterocycles. The lowest BCUT2D eigenvalue weighted by molar-refractivity contribution is 0.180. The van der Waals surface area contributed by atoms with Crippen LogP contribution in [0.25, 0.3) is 0 Å². The maximum atomic E-state index is 12.8. The van der Waals surface area contributed by atoms with Crippen LogP contribution in [0.2, 0.25) is 10.0 Å². The number of nitrogens with zero attached hydrogens (tertiary/aromatic N) is 3. The third kappa shape index (κ3) is 4.15. The van der Waals surface area contributed by atoms with Crippen molar-refractivity contribution in [1.82, 2.24) is 9.88 Å². The van der Waals surface area contributed by atoms with Gasteiger partial charge in [-0.2, -0.15) is 4.99 Å². The first-order valence-corrected chi connectivity index (χ1v) is 10.4. The summed E-state index contributed by atoms with van der Waals surface area (Å²) in [4.78, 5) is 23.5. The Hall–Kier alpha value is -1.56. The molecular weight excluding hydrogens is 401 g/mol. The summed E-state index contributed by atoms with van der Waals surface area (Å²) in [5.41, 5.74) is 1.92. The monoisotopic (exact) mass is 421 g/mol. The summed E-state index contributed by atoms with van der Waals surface area (Å²) >= 11 is 14.0. The molecule has 1 unspecified atom stereocenters. The van der Waals surface area contributed by atoms with Gasteiger partial charge in [-0.1, -0.05) is 41.9 Å². The fourth-order valence-corrected chi connectivity index (χ4v) is 5.58. The van der Waals surface area contributed by atoms with Crippen molar-refractivity contribution in [3.05, 3.63) is 58.3 Å². The van der Waals surface area contributed by atoms with E-state index in [4.69, 9.17) is 23.2 Å². The van der Waals surface area contributed by atoms with E-state index >= 15 is 0 Å². The number of carbonyl (C=O) groups excluding carboxylic acids is 1. The molecule has 27 heavy (non-hydrogen) atoms. The number of urea groups is 1. The Labute approximate surface area is 174 Å². The number of halogens is 2. The Morgan fingerprint density at radius 1 is 1.15 bits per heavy atom. The number of hydrogen-bond acceptors (Lipinski definition) is 3. The molecular formula is C20H21Cl2N3OS. The Morgan fingerprint density at radius 3 is 2.33 bits per heavy atom. The van der Waals surface area contributed by atoms with Gasteiger partial charge in [0, 0.05) is 39.8 Å². The van der Waals surface area contributed by atoms with Crippen LogP contribution >= 0.6 is 35.0 Å². The number of aliphatic imine (C=N–C) groups is 1. The molecule has 0 N–H and O–H groups in total. The number of thioether (sulfide) groups is 1. The maximum Gasteiger partial charge on any atom is 0.345 e. The molecule has 0 bridgehead atoms. The Kier molecular flexibility index (Phi) is 6.14. The van der Waals surface area contributed by atoms with E-state index in [0.717, 1.165) is 22.6 Å². The number of rotatable bonds is 6. The number of hydrogen-bond donors (Lipinski definition) is 0. The molecule has 0 aliphatic carbocycles. The van der Waals surface area contributed by atoms with Crippen molar-refractivity contribution in [3.63, 3.8) is 0 Å². The Morgan fingerprint density at radius 2 is 1.78 bits per heavy atom. The molecule has 0 saturated heterocycles. The Balaban J connectivity index is 2.04. The summed E-state index contributed by atoms with van der Waals surface area (Å²) in [7, 11) is 0.